The molecule has 0 fully saturated rings. The van der Waals surface area contributed by atoms with Crippen LogP contribution in [0.3, 0.4) is 0 Å². The Bertz CT molecular complexity index is 436. The van der Waals surface area contributed by atoms with Gasteiger partial charge in [0.2, 0.25) is 0 Å². The Labute approximate surface area is 99.1 Å². The van der Waals surface area contributed by atoms with Crippen molar-refractivity contribution in [3.05, 3.63) is 35.1 Å². The number of aryl methyl sites for hydroxylation is 1. The summed E-state index contributed by atoms with van der Waals surface area (Å²) >= 11 is 0. The maximum atomic E-state index is 4.07. The molecule has 0 aliphatic carbocycles. The van der Waals surface area contributed by atoms with E-state index >= 15 is 0 Å². The summed E-state index contributed by atoms with van der Waals surface area (Å²) in [6.45, 7) is 1.09. The van der Waals surface area contributed by atoms with Crippen LogP contribution in [0.5, 0.6) is 0 Å². The largest absolute Gasteiger partial charge is 0.385 e. The van der Waals surface area contributed by atoms with E-state index in [0.29, 0.717) is 0 Å². The Hall–Kier alpha value is -1.14. The number of hydrogen-bond acceptors (Lipinski definition) is 2. The molecule has 0 saturated carbocycles. The van der Waals surface area contributed by atoms with Crippen LogP contribution < -0.4 is 5.32 Å². The zero-order valence-corrected chi connectivity index (χ0v) is 10.7. The number of anilines is 1. The standard InChI is InChI=1S/C13H17N2P/c1-14-8-12(9-16)10-4-5-13-11(7-10)3-2-6-15-13/h4-5,7-9,15H,2-3,6,16H2,1H3. The predicted molar refractivity (Wildman–Crippen MR) is 75.4 cm³/mol. The van der Waals surface area contributed by atoms with Crippen LogP contribution in [-0.2, 0) is 6.42 Å². The monoisotopic (exact) mass is 232 g/mol. The van der Waals surface area contributed by atoms with Gasteiger partial charge in [-0.2, -0.15) is 0 Å². The van der Waals surface area contributed by atoms with Crippen molar-refractivity contribution in [3.63, 3.8) is 0 Å². The van der Waals surface area contributed by atoms with Crippen molar-refractivity contribution in [1.82, 2.24) is 0 Å². The molecule has 0 amide bonds. The second-order valence-corrected chi connectivity index (χ2v) is 4.24. The first-order chi connectivity index (χ1) is 7.85. The fourth-order valence-electron chi connectivity index (χ4n) is 2.01. The Kier molecular flexibility index (Phi) is 3.74. The lowest BCUT2D eigenvalue weighted by Gasteiger charge is -2.18. The topological polar surface area (TPSA) is 24.4 Å². The molecule has 0 bridgehead atoms. The molecular weight excluding hydrogens is 215 g/mol. The van der Waals surface area contributed by atoms with E-state index < -0.39 is 0 Å². The molecule has 1 atom stereocenters. The van der Waals surface area contributed by atoms with Crippen molar-refractivity contribution in [1.29, 1.82) is 0 Å². The maximum Gasteiger partial charge on any atom is 0.0373 e. The summed E-state index contributed by atoms with van der Waals surface area (Å²) in [7, 11) is 4.44. The molecule has 1 aromatic rings. The molecule has 1 aromatic carbocycles. The van der Waals surface area contributed by atoms with Gasteiger partial charge in [-0.15, -0.1) is 9.24 Å². The van der Waals surface area contributed by atoms with Crippen LogP contribution in [0.1, 0.15) is 17.5 Å². The van der Waals surface area contributed by atoms with E-state index in [1.54, 1.807) is 7.05 Å². The smallest absolute Gasteiger partial charge is 0.0373 e. The zero-order valence-electron chi connectivity index (χ0n) is 9.53. The molecule has 3 heteroatoms. The van der Waals surface area contributed by atoms with Crippen molar-refractivity contribution >= 4 is 26.7 Å². The van der Waals surface area contributed by atoms with E-state index in [4.69, 9.17) is 0 Å². The first-order valence-corrected chi connectivity index (χ1v) is 6.23. The summed E-state index contributed by atoms with van der Waals surface area (Å²) in [6, 6.07) is 6.58. The predicted octanol–water partition coefficient (Wildman–Crippen LogP) is 2.96. The minimum Gasteiger partial charge on any atom is -0.385 e. The van der Waals surface area contributed by atoms with Crippen molar-refractivity contribution < 1.29 is 0 Å². The van der Waals surface area contributed by atoms with Crippen LogP contribution in [0.4, 0.5) is 5.69 Å². The van der Waals surface area contributed by atoms with Gasteiger partial charge in [0, 0.05) is 25.5 Å². The summed E-state index contributed by atoms with van der Waals surface area (Å²) in [6.07, 6.45) is 4.28. The number of nitrogens with one attached hydrogen (secondary N) is 1. The summed E-state index contributed by atoms with van der Waals surface area (Å²) in [4.78, 5) is 4.07. The minimum atomic E-state index is 1.09. The third kappa shape index (κ3) is 2.33. The second-order valence-electron chi connectivity index (χ2n) is 3.91. The van der Waals surface area contributed by atoms with Gasteiger partial charge < -0.3 is 5.32 Å². The van der Waals surface area contributed by atoms with Crippen LogP contribution in [-0.4, -0.2) is 19.8 Å². The van der Waals surface area contributed by atoms with Gasteiger partial charge in [-0.25, -0.2) is 0 Å². The molecular formula is C13H17N2P. The van der Waals surface area contributed by atoms with E-state index in [0.717, 1.165) is 12.1 Å². The number of allylic oxidation sites excluding steroid dienone is 1. The fourth-order valence-corrected chi connectivity index (χ4v) is 2.29. The van der Waals surface area contributed by atoms with Gasteiger partial charge in [0.05, 0.1) is 0 Å². The molecule has 0 spiro atoms. The lowest BCUT2D eigenvalue weighted by molar-refractivity contribution is 0.830. The average molecular weight is 232 g/mol. The van der Waals surface area contributed by atoms with Gasteiger partial charge >= 0.3 is 0 Å². The first-order valence-electron chi connectivity index (χ1n) is 5.56. The van der Waals surface area contributed by atoms with Crippen molar-refractivity contribution in [3.8, 4) is 0 Å². The molecule has 2 nitrogen and oxygen atoms in total. The number of benzene rings is 1. The van der Waals surface area contributed by atoms with Gasteiger partial charge in [0.1, 0.15) is 0 Å². The highest BCUT2D eigenvalue weighted by Gasteiger charge is 2.09. The molecule has 1 unspecified atom stereocenters. The van der Waals surface area contributed by atoms with E-state index in [1.807, 2.05) is 12.0 Å². The van der Waals surface area contributed by atoms with Crippen LogP contribution in [0.15, 0.2) is 29.0 Å². The van der Waals surface area contributed by atoms with Crippen LogP contribution in [0.25, 0.3) is 5.57 Å². The summed E-state index contributed by atoms with van der Waals surface area (Å²) in [5.74, 6) is 2.02. The van der Waals surface area contributed by atoms with E-state index in [-0.39, 0.29) is 0 Å². The average Bonchev–Trinajstić information content (AvgIpc) is 2.35. The number of rotatable bonds is 2. The minimum absolute atomic E-state index is 1.09. The van der Waals surface area contributed by atoms with Gasteiger partial charge in [-0.1, -0.05) is 11.9 Å². The molecule has 1 aliphatic heterocycles. The highest BCUT2D eigenvalue weighted by Crippen LogP contribution is 2.26. The quantitative estimate of drug-likeness (QED) is 0.615. The van der Waals surface area contributed by atoms with Crippen LogP contribution in [0, 0.1) is 0 Å². The van der Waals surface area contributed by atoms with Crippen molar-refractivity contribution in [2.75, 3.05) is 18.9 Å². The third-order valence-electron chi connectivity index (χ3n) is 2.82. The third-order valence-corrected chi connectivity index (χ3v) is 3.18. The van der Waals surface area contributed by atoms with Gasteiger partial charge in [0.15, 0.2) is 0 Å². The number of aliphatic imine (C=N–C) groups is 1. The Morgan fingerprint density at radius 3 is 3.12 bits per heavy atom. The van der Waals surface area contributed by atoms with Crippen LogP contribution >= 0.6 is 9.24 Å². The second kappa shape index (κ2) is 5.27. The number of hydrogen-bond donors (Lipinski definition) is 1. The molecule has 1 heterocycles. The lowest BCUT2D eigenvalue weighted by Crippen LogP contribution is -2.11. The van der Waals surface area contributed by atoms with Crippen molar-refractivity contribution in [2.45, 2.75) is 12.8 Å². The fraction of sp³-hybridized carbons (Fsp3) is 0.308. The molecule has 2 rings (SSSR count). The number of nitrogens with zero attached hydrogens (tertiary/aromatic N) is 1. The van der Waals surface area contributed by atoms with Crippen molar-refractivity contribution in [2.24, 2.45) is 4.99 Å². The SMILES string of the molecule is CN=CC(=CP)c1ccc2c(c1)CCCN2. The highest BCUT2D eigenvalue weighted by atomic mass is 31.0. The molecule has 0 aromatic heterocycles. The van der Waals surface area contributed by atoms with E-state index in [9.17, 15) is 0 Å². The molecule has 0 radical (unpaired) electrons. The van der Waals surface area contributed by atoms with Crippen LogP contribution in [0.2, 0.25) is 0 Å². The molecule has 84 valence electrons. The van der Waals surface area contributed by atoms with E-state index in [2.05, 4.69) is 37.7 Å². The van der Waals surface area contributed by atoms with E-state index in [1.165, 1.54) is 29.7 Å². The van der Waals surface area contributed by atoms with Gasteiger partial charge in [-0.3, -0.25) is 4.99 Å². The molecule has 0 saturated heterocycles. The highest BCUT2D eigenvalue weighted by molar-refractivity contribution is 7.21. The molecule has 16 heavy (non-hydrogen) atoms. The van der Waals surface area contributed by atoms with Gasteiger partial charge in [0.25, 0.3) is 0 Å². The Balaban J connectivity index is 2.36. The normalized spacial score (nSPS) is 16.0. The summed E-state index contributed by atoms with van der Waals surface area (Å²) in [5, 5.41) is 3.42. The Morgan fingerprint density at radius 1 is 1.50 bits per heavy atom. The van der Waals surface area contributed by atoms with Gasteiger partial charge in [-0.05, 0) is 41.7 Å². The zero-order chi connectivity index (χ0) is 11.4. The molecule has 1 N–H and O–H groups in total. The maximum absolute atomic E-state index is 4.07. The molecule has 1 aliphatic rings. The lowest BCUT2D eigenvalue weighted by atomic mass is 9.98. The summed E-state index contributed by atoms with van der Waals surface area (Å²) < 4.78 is 0. The Morgan fingerprint density at radius 2 is 2.38 bits per heavy atom. The summed E-state index contributed by atoms with van der Waals surface area (Å²) in [5.41, 5.74) is 5.09. The first kappa shape index (κ1) is 11.3. The number of fused-ring (bicyclic) bond motifs is 1.